The average molecular weight is 298 g/mol. The van der Waals surface area contributed by atoms with Crippen molar-refractivity contribution in [2.75, 3.05) is 5.32 Å². The Morgan fingerprint density at radius 2 is 2.05 bits per heavy atom. The summed E-state index contributed by atoms with van der Waals surface area (Å²) >= 11 is 0. The van der Waals surface area contributed by atoms with E-state index in [0.29, 0.717) is 23.0 Å². The molecule has 0 atom stereocenters. The fourth-order valence-electron chi connectivity index (χ4n) is 2.16. The van der Waals surface area contributed by atoms with Gasteiger partial charge in [0.15, 0.2) is 0 Å². The van der Waals surface area contributed by atoms with Crippen LogP contribution in [-0.4, -0.2) is 27.4 Å². The van der Waals surface area contributed by atoms with Crippen LogP contribution in [0.4, 0.5) is 5.69 Å². The van der Waals surface area contributed by atoms with Crippen molar-refractivity contribution in [2.45, 2.75) is 25.8 Å². The number of amides is 2. The number of carbonyl (C=O) groups is 2. The molecule has 6 nitrogen and oxygen atoms in total. The Kier molecular flexibility index (Phi) is 3.66. The van der Waals surface area contributed by atoms with Crippen molar-refractivity contribution in [3.63, 3.8) is 0 Å². The monoisotopic (exact) mass is 298 g/mol. The average Bonchev–Trinajstić information content (AvgIpc) is 3.19. The normalized spacial score (nSPS) is 13.7. The predicted octanol–water partition coefficient (Wildman–Crippen LogP) is 1.87. The first-order valence-corrected chi connectivity index (χ1v) is 7.24. The Morgan fingerprint density at radius 3 is 2.68 bits per heavy atom. The van der Waals surface area contributed by atoms with E-state index in [1.807, 2.05) is 13.0 Å². The first-order chi connectivity index (χ1) is 10.5. The zero-order valence-electron chi connectivity index (χ0n) is 12.6. The zero-order valence-corrected chi connectivity index (χ0v) is 12.6. The van der Waals surface area contributed by atoms with Gasteiger partial charge in [0, 0.05) is 24.3 Å². The summed E-state index contributed by atoms with van der Waals surface area (Å²) in [4.78, 5) is 28.3. The number of hydrogen-bond acceptors (Lipinski definition) is 3. The molecule has 6 heteroatoms. The van der Waals surface area contributed by atoms with Crippen LogP contribution in [0.3, 0.4) is 0 Å². The number of nitrogens with one attached hydrogen (secondary N) is 2. The second-order valence-corrected chi connectivity index (χ2v) is 5.62. The fourth-order valence-corrected chi connectivity index (χ4v) is 2.16. The molecule has 1 fully saturated rings. The summed E-state index contributed by atoms with van der Waals surface area (Å²) in [7, 11) is 1.76. The molecule has 1 heterocycles. The topological polar surface area (TPSA) is 76.0 Å². The number of hydrogen-bond donors (Lipinski definition) is 2. The number of nitrogens with zero attached hydrogens (tertiary/aromatic N) is 2. The van der Waals surface area contributed by atoms with Gasteiger partial charge in [-0.05, 0) is 37.5 Å². The van der Waals surface area contributed by atoms with E-state index in [9.17, 15) is 9.59 Å². The third-order valence-corrected chi connectivity index (χ3v) is 3.71. The molecule has 1 aromatic heterocycles. The number of aryl methyl sites for hydroxylation is 2. The standard InChI is InChI=1S/C16H18N4O2/c1-10-3-4-11(15(21)18-12-5-6-12)7-13(10)19-16(22)14-8-17-9-20(14)2/h3-4,7-9,12H,5-6H2,1-2H3,(H,18,21)(H,19,22). The molecular formula is C16H18N4O2. The van der Waals surface area contributed by atoms with Gasteiger partial charge < -0.3 is 15.2 Å². The lowest BCUT2D eigenvalue weighted by Crippen LogP contribution is -2.25. The van der Waals surface area contributed by atoms with Gasteiger partial charge in [0.25, 0.3) is 11.8 Å². The van der Waals surface area contributed by atoms with Crippen LogP contribution < -0.4 is 10.6 Å². The third kappa shape index (κ3) is 3.00. The van der Waals surface area contributed by atoms with E-state index in [1.54, 1.807) is 30.1 Å². The van der Waals surface area contributed by atoms with Crippen LogP contribution in [0.2, 0.25) is 0 Å². The van der Waals surface area contributed by atoms with Crippen LogP contribution in [-0.2, 0) is 7.05 Å². The maximum absolute atomic E-state index is 12.2. The van der Waals surface area contributed by atoms with Gasteiger partial charge in [0.05, 0.1) is 12.5 Å². The molecule has 0 unspecified atom stereocenters. The van der Waals surface area contributed by atoms with Gasteiger partial charge in [0.1, 0.15) is 5.69 Å². The van der Waals surface area contributed by atoms with Gasteiger partial charge in [-0.2, -0.15) is 0 Å². The van der Waals surface area contributed by atoms with E-state index >= 15 is 0 Å². The fraction of sp³-hybridized carbons (Fsp3) is 0.312. The van der Waals surface area contributed by atoms with E-state index < -0.39 is 0 Å². The summed E-state index contributed by atoms with van der Waals surface area (Å²) in [6.07, 6.45) is 5.17. The summed E-state index contributed by atoms with van der Waals surface area (Å²) in [6, 6.07) is 5.62. The SMILES string of the molecule is Cc1ccc(C(=O)NC2CC2)cc1NC(=O)c1cncn1C. The van der Waals surface area contributed by atoms with Crippen LogP contribution >= 0.6 is 0 Å². The largest absolute Gasteiger partial charge is 0.349 e. The first kappa shape index (κ1) is 14.3. The molecule has 3 rings (SSSR count). The van der Waals surface area contributed by atoms with Crippen LogP contribution in [0, 0.1) is 6.92 Å². The predicted molar refractivity (Wildman–Crippen MR) is 82.8 cm³/mol. The van der Waals surface area contributed by atoms with Crippen molar-refractivity contribution in [3.8, 4) is 0 Å². The number of anilines is 1. The molecular weight excluding hydrogens is 280 g/mol. The molecule has 1 aliphatic rings. The van der Waals surface area contributed by atoms with Crippen molar-refractivity contribution >= 4 is 17.5 Å². The Bertz CT molecular complexity index is 731. The third-order valence-electron chi connectivity index (χ3n) is 3.71. The summed E-state index contributed by atoms with van der Waals surface area (Å²) in [5.41, 5.74) is 2.55. The highest BCUT2D eigenvalue weighted by atomic mass is 16.2. The quantitative estimate of drug-likeness (QED) is 0.904. The molecule has 1 aromatic carbocycles. The maximum atomic E-state index is 12.2. The molecule has 0 saturated heterocycles. The highest BCUT2D eigenvalue weighted by Crippen LogP contribution is 2.21. The second-order valence-electron chi connectivity index (χ2n) is 5.62. The van der Waals surface area contributed by atoms with Crippen molar-refractivity contribution in [3.05, 3.63) is 47.5 Å². The van der Waals surface area contributed by atoms with Gasteiger partial charge in [0.2, 0.25) is 0 Å². The van der Waals surface area contributed by atoms with E-state index in [4.69, 9.17) is 0 Å². The Balaban J connectivity index is 1.79. The molecule has 114 valence electrons. The Labute approximate surface area is 128 Å². The number of carbonyl (C=O) groups excluding carboxylic acids is 2. The van der Waals surface area contributed by atoms with Crippen molar-refractivity contribution < 1.29 is 9.59 Å². The van der Waals surface area contributed by atoms with Crippen LogP contribution in [0.15, 0.2) is 30.7 Å². The molecule has 0 radical (unpaired) electrons. The number of aromatic nitrogens is 2. The lowest BCUT2D eigenvalue weighted by Gasteiger charge is -2.11. The van der Waals surface area contributed by atoms with Crippen LogP contribution in [0.25, 0.3) is 0 Å². The molecule has 2 N–H and O–H groups in total. The van der Waals surface area contributed by atoms with Gasteiger partial charge in [-0.3, -0.25) is 9.59 Å². The molecule has 1 saturated carbocycles. The number of imidazole rings is 1. The van der Waals surface area contributed by atoms with Crippen molar-refractivity contribution in [1.29, 1.82) is 0 Å². The van der Waals surface area contributed by atoms with Gasteiger partial charge >= 0.3 is 0 Å². The van der Waals surface area contributed by atoms with E-state index in [0.717, 1.165) is 18.4 Å². The zero-order chi connectivity index (χ0) is 15.7. The minimum Gasteiger partial charge on any atom is -0.349 e. The lowest BCUT2D eigenvalue weighted by molar-refractivity contribution is 0.0949. The minimum absolute atomic E-state index is 0.0986. The van der Waals surface area contributed by atoms with E-state index in [-0.39, 0.29) is 11.8 Å². The molecule has 0 aliphatic heterocycles. The highest BCUT2D eigenvalue weighted by Gasteiger charge is 2.24. The summed E-state index contributed by atoms with van der Waals surface area (Å²) in [5.74, 6) is -0.346. The van der Waals surface area contributed by atoms with Gasteiger partial charge in [-0.25, -0.2) is 4.98 Å². The lowest BCUT2D eigenvalue weighted by atomic mass is 10.1. The van der Waals surface area contributed by atoms with Crippen molar-refractivity contribution in [2.24, 2.45) is 7.05 Å². The van der Waals surface area contributed by atoms with Crippen LogP contribution in [0.1, 0.15) is 39.3 Å². The van der Waals surface area contributed by atoms with E-state index in [2.05, 4.69) is 15.6 Å². The molecule has 2 aromatic rings. The molecule has 2 amide bonds. The summed E-state index contributed by atoms with van der Waals surface area (Å²) < 4.78 is 1.65. The molecule has 1 aliphatic carbocycles. The maximum Gasteiger partial charge on any atom is 0.273 e. The highest BCUT2D eigenvalue weighted by molar-refractivity contribution is 6.04. The van der Waals surface area contributed by atoms with Crippen LogP contribution in [0.5, 0.6) is 0 Å². The second kappa shape index (κ2) is 5.63. The van der Waals surface area contributed by atoms with E-state index in [1.165, 1.54) is 6.20 Å². The van der Waals surface area contributed by atoms with Crippen molar-refractivity contribution in [1.82, 2.24) is 14.9 Å². The molecule has 22 heavy (non-hydrogen) atoms. The first-order valence-electron chi connectivity index (χ1n) is 7.24. The van der Waals surface area contributed by atoms with Gasteiger partial charge in [-0.15, -0.1) is 0 Å². The minimum atomic E-state index is -0.247. The Hall–Kier alpha value is -2.63. The summed E-state index contributed by atoms with van der Waals surface area (Å²) in [6.45, 7) is 1.89. The summed E-state index contributed by atoms with van der Waals surface area (Å²) in [5, 5.41) is 5.78. The molecule has 0 bridgehead atoms. The Morgan fingerprint density at radius 1 is 1.27 bits per heavy atom. The number of benzene rings is 1. The molecule has 0 spiro atoms. The number of rotatable bonds is 4. The van der Waals surface area contributed by atoms with Gasteiger partial charge in [-0.1, -0.05) is 6.07 Å². The smallest absolute Gasteiger partial charge is 0.273 e.